The lowest BCUT2D eigenvalue weighted by atomic mass is 10.3. The van der Waals surface area contributed by atoms with E-state index in [0.29, 0.717) is 10.1 Å². The molecule has 0 spiro atoms. The zero-order valence-electron chi connectivity index (χ0n) is 7.40. The molecule has 0 fully saturated rings. The average molecular weight is 226 g/mol. The Balaban J connectivity index is 2.64. The third-order valence-corrected chi connectivity index (χ3v) is 2.93. The molecule has 0 saturated heterocycles. The molecule has 1 aromatic heterocycles. The van der Waals surface area contributed by atoms with E-state index in [2.05, 4.69) is 0 Å². The number of aromatic nitrogens is 1. The van der Waals surface area contributed by atoms with Crippen molar-refractivity contribution in [1.29, 1.82) is 0 Å². The molecule has 0 unspecified atom stereocenters. The van der Waals surface area contributed by atoms with E-state index in [4.69, 9.17) is 0 Å². The highest BCUT2D eigenvalue weighted by atomic mass is 32.1. The molecule has 0 N–H and O–H groups in total. The van der Waals surface area contributed by atoms with Crippen molar-refractivity contribution in [2.24, 2.45) is 0 Å². The number of aliphatic carboxylic acids is 1. The highest BCUT2D eigenvalue weighted by Crippen LogP contribution is 2.17. The number of hydrogen-bond donors (Lipinski definition) is 0. The second kappa shape index (κ2) is 3.47. The normalized spacial score (nSPS) is 10.7. The van der Waals surface area contributed by atoms with Crippen molar-refractivity contribution in [1.82, 2.24) is 3.96 Å². The number of rotatable bonds is 2. The van der Waals surface area contributed by atoms with Gasteiger partial charge in [-0.05, 0) is 18.2 Å². The van der Waals surface area contributed by atoms with E-state index in [9.17, 15) is 19.1 Å². The fourth-order valence-corrected chi connectivity index (χ4v) is 2.27. The molecule has 15 heavy (non-hydrogen) atoms. The van der Waals surface area contributed by atoms with Gasteiger partial charge in [-0.15, -0.1) is 0 Å². The molecule has 1 heterocycles. The topological polar surface area (TPSA) is 62.1 Å². The van der Waals surface area contributed by atoms with Crippen molar-refractivity contribution in [2.75, 3.05) is 0 Å². The van der Waals surface area contributed by atoms with E-state index >= 15 is 0 Å². The van der Waals surface area contributed by atoms with E-state index < -0.39 is 23.9 Å². The van der Waals surface area contributed by atoms with E-state index in [1.165, 1.54) is 18.2 Å². The van der Waals surface area contributed by atoms with E-state index in [-0.39, 0.29) is 0 Å². The smallest absolute Gasteiger partial charge is 0.268 e. The monoisotopic (exact) mass is 226 g/mol. The molecule has 0 amide bonds. The van der Waals surface area contributed by atoms with E-state index in [1.807, 2.05) is 0 Å². The van der Waals surface area contributed by atoms with Crippen LogP contribution >= 0.6 is 11.5 Å². The summed E-state index contributed by atoms with van der Waals surface area (Å²) in [5.41, 5.74) is -0.431. The number of carboxylic acids is 1. The van der Waals surface area contributed by atoms with Crippen molar-refractivity contribution < 1.29 is 14.3 Å². The molecule has 0 radical (unpaired) electrons. The van der Waals surface area contributed by atoms with Gasteiger partial charge in [0, 0.05) is 0 Å². The Morgan fingerprint density at radius 2 is 2.27 bits per heavy atom. The first kappa shape index (κ1) is 9.85. The second-order valence-electron chi connectivity index (χ2n) is 2.95. The fourth-order valence-electron chi connectivity index (χ4n) is 1.26. The maximum atomic E-state index is 12.8. The van der Waals surface area contributed by atoms with Crippen LogP contribution in [0.2, 0.25) is 0 Å². The number of carbonyl (C=O) groups excluding carboxylic acids is 1. The molecule has 0 atom stereocenters. The SMILES string of the molecule is O=C([O-])Cn1sc2cc(F)ccc2c1=O. The van der Waals surface area contributed by atoms with Crippen molar-refractivity contribution in [3.63, 3.8) is 0 Å². The van der Waals surface area contributed by atoms with Crippen LogP contribution in [0.15, 0.2) is 23.0 Å². The molecule has 2 aromatic rings. The minimum atomic E-state index is -1.34. The van der Waals surface area contributed by atoms with Crippen LogP contribution in [0.4, 0.5) is 4.39 Å². The zero-order chi connectivity index (χ0) is 11.0. The summed E-state index contributed by atoms with van der Waals surface area (Å²) in [6.07, 6.45) is 0. The van der Waals surface area contributed by atoms with Crippen molar-refractivity contribution >= 4 is 27.6 Å². The fraction of sp³-hybridized carbons (Fsp3) is 0.111. The highest BCUT2D eigenvalue weighted by molar-refractivity contribution is 7.13. The van der Waals surface area contributed by atoms with Crippen molar-refractivity contribution in [3.8, 4) is 0 Å². The molecule has 0 saturated carbocycles. The summed E-state index contributed by atoms with van der Waals surface area (Å²) in [6, 6.07) is 3.71. The largest absolute Gasteiger partial charge is 0.548 e. The molecule has 4 nitrogen and oxygen atoms in total. The first-order chi connectivity index (χ1) is 7.08. The first-order valence-electron chi connectivity index (χ1n) is 4.07. The van der Waals surface area contributed by atoms with Gasteiger partial charge in [0.25, 0.3) is 5.56 Å². The Morgan fingerprint density at radius 1 is 1.53 bits per heavy atom. The summed E-state index contributed by atoms with van der Waals surface area (Å²) in [5.74, 6) is -1.80. The molecule has 6 heteroatoms. The lowest BCUT2D eigenvalue weighted by Crippen LogP contribution is -2.30. The van der Waals surface area contributed by atoms with E-state index in [0.717, 1.165) is 15.5 Å². The minimum absolute atomic E-state index is 0.322. The number of benzene rings is 1. The van der Waals surface area contributed by atoms with Crippen LogP contribution in [-0.4, -0.2) is 9.93 Å². The lowest BCUT2D eigenvalue weighted by molar-refractivity contribution is -0.306. The minimum Gasteiger partial charge on any atom is -0.548 e. The summed E-state index contributed by atoms with van der Waals surface area (Å²) in [5, 5.41) is 10.6. The molecule has 0 aliphatic carbocycles. The molecular weight excluding hydrogens is 221 g/mol. The maximum absolute atomic E-state index is 12.8. The van der Waals surface area contributed by atoms with Crippen molar-refractivity contribution in [2.45, 2.75) is 6.54 Å². The van der Waals surface area contributed by atoms with Crippen LogP contribution in [0.5, 0.6) is 0 Å². The Kier molecular flexibility index (Phi) is 2.28. The van der Waals surface area contributed by atoms with Gasteiger partial charge in [-0.25, -0.2) is 4.39 Å². The predicted molar refractivity (Wildman–Crippen MR) is 51.1 cm³/mol. The van der Waals surface area contributed by atoms with Gasteiger partial charge in [0.1, 0.15) is 5.82 Å². The van der Waals surface area contributed by atoms with Gasteiger partial charge in [-0.3, -0.25) is 8.75 Å². The van der Waals surface area contributed by atoms with E-state index in [1.54, 1.807) is 0 Å². The van der Waals surface area contributed by atoms with Gasteiger partial charge in [0.2, 0.25) is 0 Å². The molecule has 0 bridgehead atoms. The van der Waals surface area contributed by atoms with Crippen LogP contribution in [-0.2, 0) is 11.3 Å². The van der Waals surface area contributed by atoms with Crippen LogP contribution in [0.1, 0.15) is 0 Å². The van der Waals surface area contributed by atoms with Gasteiger partial charge in [-0.1, -0.05) is 11.5 Å². The van der Waals surface area contributed by atoms with Crippen molar-refractivity contribution in [3.05, 3.63) is 34.4 Å². The summed E-state index contributed by atoms with van der Waals surface area (Å²) in [7, 11) is 0. The molecule has 0 aliphatic heterocycles. The van der Waals surface area contributed by atoms with Gasteiger partial charge in [-0.2, -0.15) is 0 Å². The Labute approximate surface area is 87.3 Å². The third kappa shape index (κ3) is 1.75. The Bertz CT molecular complexity index is 587. The Morgan fingerprint density at radius 3 is 2.93 bits per heavy atom. The maximum Gasteiger partial charge on any atom is 0.268 e. The standard InChI is InChI=1S/C9H6FNO3S/c10-5-1-2-6-7(3-5)15-11(9(6)14)4-8(12)13/h1-3H,4H2,(H,12,13)/p-1. The molecule has 0 aliphatic rings. The summed E-state index contributed by atoms with van der Waals surface area (Å²) in [4.78, 5) is 21.9. The van der Waals surface area contributed by atoms with Gasteiger partial charge in [0.05, 0.1) is 22.6 Å². The number of fused-ring (bicyclic) bond motifs is 1. The number of hydrogen-bond acceptors (Lipinski definition) is 4. The van der Waals surface area contributed by atoms with Crippen LogP contribution < -0.4 is 10.7 Å². The van der Waals surface area contributed by atoms with Gasteiger partial charge < -0.3 is 9.90 Å². The highest BCUT2D eigenvalue weighted by Gasteiger charge is 2.07. The van der Waals surface area contributed by atoms with Crippen LogP contribution in [0.25, 0.3) is 10.1 Å². The Hall–Kier alpha value is -1.69. The van der Waals surface area contributed by atoms with Crippen LogP contribution in [0.3, 0.4) is 0 Å². The number of nitrogens with zero attached hydrogens (tertiary/aromatic N) is 1. The lowest BCUT2D eigenvalue weighted by Gasteiger charge is -1.99. The third-order valence-electron chi connectivity index (χ3n) is 1.88. The van der Waals surface area contributed by atoms with Gasteiger partial charge >= 0.3 is 0 Å². The molecule has 1 aromatic carbocycles. The predicted octanol–water partition coefficient (Wildman–Crippen LogP) is -0.0480. The second-order valence-corrected chi connectivity index (χ2v) is 4.01. The quantitative estimate of drug-likeness (QED) is 0.721. The number of halogens is 1. The first-order valence-corrected chi connectivity index (χ1v) is 4.84. The molecule has 78 valence electrons. The van der Waals surface area contributed by atoms with Gasteiger partial charge in [0.15, 0.2) is 0 Å². The number of carbonyl (C=O) groups is 1. The average Bonchev–Trinajstić information content (AvgIpc) is 2.42. The zero-order valence-corrected chi connectivity index (χ0v) is 8.21. The summed E-state index contributed by atoms with van der Waals surface area (Å²) in [6.45, 7) is -0.500. The number of carboxylic acid groups (broad SMARTS) is 1. The summed E-state index contributed by atoms with van der Waals surface area (Å²) >= 11 is 0.910. The summed E-state index contributed by atoms with van der Waals surface area (Å²) < 4.78 is 14.3. The van der Waals surface area contributed by atoms with Crippen LogP contribution in [0, 0.1) is 5.82 Å². The molecule has 2 rings (SSSR count). The molecular formula is C9H5FNO3S-.